The molecule has 2 unspecified atom stereocenters. The Bertz CT molecular complexity index is 3410. The van der Waals surface area contributed by atoms with E-state index in [1.807, 2.05) is 0 Å². The molecular weight excluding hydrogens is 711 g/mol. The highest BCUT2D eigenvalue weighted by atomic mass is 15.0. The first-order valence-corrected chi connectivity index (χ1v) is 21.0. The number of fused-ring (bicyclic) bond motifs is 12. The third-order valence-electron chi connectivity index (χ3n) is 13.7. The average molecular weight is 754 g/mol. The smallest absolute Gasteiger partial charge is 0.0541 e. The van der Waals surface area contributed by atoms with Gasteiger partial charge in [0.2, 0.25) is 0 Å². The minimum absolute atomic E-state index is 0.0190. The van der Waals surface area contributed by atoms with Crippen LogP contribution in [0.2, 0.25) is 0 Å². The fourth-order valence-corrected chi connectivity index (χ4v) is 10.9. The molecule has 0 amide bonds. The van der Waals surface area contributed by atoms with Crippen LogP contribution in [0.3, 0.4) is 0 Å². The van der Waals surface area contributed by atoms with Crippen molar-refractivity contribution in [1.29, 1.82) is 0 Å². The third-order valence-corrected chi connectivity index (χ3v) is 13.7. The van der Waals surface area contributed by atoms with Gasteiger partial charge in [-0.15, -0.1) is 0 Å². The van der Waals surface area contributed by atoms with Crippen molar-refractivity contribution in [1.82, 2.24) is 4.57 Å². The molecule has 9 aromatic carbocycles. The second-order valence-corrected chi connectivity index (χ2v) is 17.3. The molecule has 0 radical (unpaired) electrons. The standard InChI is InChI=1S/C58H43N/c1-36-30-42(35-54-57(36)50-23-8-10-24-53(50)58(54,2)3)38-15-12-14-37(31-38)41-27-29-56-52(34-41)49-22-9-11-25-55(49)59(56)43-17-13-16-39(32-43)40-26-28-48-46-20-5-4-18-44(46)45-19-6-7-21-47(45)51(48)33-40/h4-36,57H,1-3H3. The highest BCUT2D eigenvalue weighted by molar-refractivity contribution is 6.25. The molecular formula is C58H43N. The van der Waals surface area contributed by atoms with Crippen molar-refractivity contribution in [3.05, 3.63) is 216 Å². The largest absolute Gasteiger partial charge is 0.309 e. The lowest BCUT2D eigenvalue weighted by Crippen LogP contribution is -2.20. The molecule has 1 nitrogen and oxygen atoms in total. The molecule has 2 aliphatic rings. The Morgan fingerprint density at radius 3 is 1.73 bits per heavy atom. The van der Waals surface area contributed by atoms with Crippen LogP contribution in [-0.4, -0.2) is 4.57 Å². The molecule has 0 fully saturated rings. The van der Waals surface area contributed by atoms with Crippen LogP contribution in [0.5, 0.6) is 0 Å². The molecule has 59 heavy (non-hydrogen) atoms. The molecule has 0 N–H and O–H groups in total. The summed E-state index contributed by atoms with van der Waals surface area (Å²) >= 11 is 0. The van der Waals surface area contributed by atoms with Crippen molar-refractivity contribution < 1.29 is 0 Å². The predicted octanol–water partition coefficient (Wildman–Crippen LogP) is 15.6. The van der Waals surface area contributed by atoms with Crippen molar-refractivity contribution in [2.45, 2.75) is 32.1 Å². The summed E-state index contributed by atoms with van der Waals surface area (Å²) in [6.07, 6.45) is 5.00. The molecule has 0 spiro atoms. The summed E-state index contributed by atoms with van der Waals surface area (Å²) in [5, 5.41) is 10.3. The van der Waals surface area contributed by atoms with E-state index in [0.29, 0.717) is 11.8 Å². The molecule has 10 aromatic rings. The molecule has 1 aromatic heterocycles. The van der Waals surface area contributed by atoms with Gasteiger partial charge in [0.1, 0.15) is 0 Å². The van der Waals surface area contributed by atoms with E-state index in [-0.39, 0.29) is 5.41 Å². The maximum Gasteiger partial charge on any atom is 0.0541 e. The summed E-state index contributed by atoms with van der Waals surface area (Å²) in [5.74, 6) is 0.876. The zero-order valence-corrected chi connectivity index (χ0v) is 33.6. The summed E-state index contributed by atoms with van der Waals surface area (Å²) in [5.41, 5.74) is 15.6. The number of allylic oxidation sites excluding steroid dienone is 4. The lowest BCUT2D eigenvalue weighted by molar-refractivity contribution is 0.553. The van der Waals surface area contributed by atoms with Gasteiger partial charge in [0.25, 0.3) is 0 Å². The number of aromatic nitrogens is 1. The highest BCUT2D eigenvalue weighted by Crippen LogP contribution is 2.56. The van der Waals surface area contributed by atoms with Crippen LogP contribution in [0, 0.1) is 5.92 Å². The van der Waals surface area contributed by atoms with Crippen LogP contribution in [0.4, 0.5) is 0 Å². The molecule has 0 saturated carbocycles. The van der Waals surface area contributed by atoms with Crippen molar-refractivity contribution >= 4 is 59.7 Å². The van der Waals surface area contributed by atoms with Crippen molar-refractivity contribution in [3.63, 3.8) is 0 Å². The Morgan fingerprint density at radius 2 is 0.966 bits per heavy atom. The van der Waals surface area contributed by atoms with E-state index in [1.165, 1.54) is 104 Å². The maximum absolute atomic E-state index is 2.50. The van der Waals surface area contributed by atoms with Crippen LogP contribution >= 0.6 is 0 Å². The molecule has 0 aliphatic heterocycles. The van der Waals surface area contributed by atoms with E-state index in [9.17, 15) is 0 Å². The molecule has 0 saturated heterocycles. The second kappa shape index (κ2) is 12.8. The molecule has 2 aliphatic carbocycles. The van der Waals surface area contributed by atoms with Crippen molar-refractivity contribution in [2.75, 3.05) is 0 Å². The molecule has 280 valence electrons. The van der Waals surface area contributed by atoms with Gasteiger partial charge in [0.05, 0.1) is 11.0 Å². The Labute approximate surface area is 345 Å². The first kappa shape index (κ1) is 34.1. The minimum Gasteiger partial charge on any atom is -0.309 e. The number of nitrogens with zero attached hydrogens (tertiary/aromatic N) is 1. The number of para-hydroxylation sites is 1. The van der Waals surface area contributed by atoms with E-state index < -0.39 is 0 Å². The number of benzene rings is 9. The summed E-state index contributed by atoms with van der Waals surface area (Å²) in [6, 6.07) is 67.8. The highest BCUT2D eigenvalue weighted by Gasteiger charge is 2.44. The quantitative estimate of drug-likeness (QED) is 0.158. The second-order valence-electron chi connectivity index (χ2n) is 17.3. The molecule has 12 rings (SSSR count). The normalized spacial score (nSPS) is 17.1. The maximum atomic E-state index is 2.50. The topological polar surface area (TPSA) is 4.93 Å². The van der Waals surface area contributed by atoms with Crippen molar-refractivity contribution in [3.8, 4) is 27.9 Å². The van der Waals surface area contributed by atoms with Crippen molar-refractivity contribution in [2.24, 2.45) is 5.92 Å². The van der Waals surface area contributed by atoms with Gasteiger partial charge in [-0.3, -0.25) is 0 Å². The van der Waals surface area contributed by atoms with E-state index in [4.69, 9.17) is 0 Å². The van der Waals surface area contributed by atoms with Gasteiger partial charge in [-0.2, -0.15) is 0 Å². The average Bonchev–Trinajstić information content (AvgIpc) is 3.74. The Balaban J connectivity index is 0.942. The third kappa shape index (κ3) is 5.11. The fraction of sp³-hybridized carbons (Fsp3) is 0.103. The Kier molecular flexibility index (Phi) is 7.38. The van der Waals surface area contributed by atoms with Gasteiger partial charge in [-0.1, -0.05) is 178 Å². The van der Waals surface area contributed by atoms with Crippen LogP contribution < -0.4 is 0 Å². The summed E-state index contributed by atoms with van der Waals surface area (Å²) in [4.78, 5) is 0. The lowest BCUT2D eigenvalue weighted by Gasteiger charge is -2.30. The van der Waals surface area contributed by atoms with Crippen LogP contribution in [0.1, 0.15) is 43.4 Å². The monoisotopic (exact) mass is 753 g/mol. The minimum atomic E-state index is 0.0190. The molecule has 0 bridgehead atoms. The number of hydrogen-bond acceptors (Lipinski definition) is 0. The van der Waals surface area contributed by atoms with Gasteiger partial charge >= 0.3 is 0 Å². The Morgan fingerprint density at radius 1 is 0.424 bits per heavy atom. The first-order valence-electron chi connectivity index (χ1n) is 21.0. The summed E-state index contributed by atoms with van der Waals surface area (Å²) in [7, 11) is 0. The lowest BCUT2D eigenvalue weighted by atomic mass is 9.73. The van der Waals surface area contributed by atoms with Gasteiger partial charge in [-0.25, -0.2) is 0 Å². The van der Waals surface area contributed by atoms with Crippen LogP contribution in [-0.2, 0) is 5.41 Å². The van der Waals surface area contributed by atoms with E-state index in [0.717, 1.165) is 5.69 Å². The zero-order chi connectivity index (χ0) is 39.4. The molecule has 1 heteroatoms. The van der Waals surface area contributed by atoms with E-state index in [2.05, 4.69) is 219 Å². The Hall–Kier alpha value is -6.96. The van der Waals surface area contributed by atoms with Crippen LogP contribution in [0.25, 0.3) is 87.6 Å². The molecule has 2 atom stereocenters. The fourth-order valence-electron chi connectivity index (χ4n) is 10.9. The summed E-state index contributed by atoms with van der Waals surface area (Å²) < 4.78 is 2.44. The van der Waals surface area contributed by atoms with E-state index >= 15 is 0 Å². The number of rotatable bonds is 4. The van der Waals surface area contributed by atoms with Crippen LogP contribution in [0.15, 0.2) is 200 Å². The number of hydrogen-bond donors (Lipinski definition) is 0. The summed E-state index contributed by atoms with van der Waals surface area (Å²) in [6.45, 7) is 7.20. The molecule has 1 heterocycles. The van der Waals surface area contributed by atoms with E-state index in [1.54, 1.807) is 0 Å². The van der Waals surface area contributed by atoms with Gasteiger partial charge in [0, 0.05) is 27.8 Å². The van der Waals surface area contributed by atoms with Gasteiger partial charge in [0.15, 0.2) is 0 Å². The van der Waals surface area contributed by atoms with Gasteiger partial charge in [-0.05, 0) is 125 Å². The van der Waals surface area contributed by atoms with Gasteiger partial charge < -0.3 is 4.57 Å². The SMILES string of the molecule is CC1C=C(c2cccc(-c3ccc4c(c3)c3ccccc3n4-c3cccc(-c4ccc5c6ccccc6c6ccccc6c5c4)c3)c2)C=C2C1c1ccccc1C2(C)C. The first-order chi connectivity index (χ1) is 28.9. The zero-order valence-electron chi connectivity index (χ0n) is 33.6. The predicted molar refractivity (Wildman–Crippen MR) is 252 cm³/mol.